The number of benzene rings is 8. The summed E-state index contributed by atoms with van der Waals surface area (Å²) in [5.74, 6) is 1.03. The van der Waals surface area contributed by atoms with Crippen LogP contribution in [0.1, 0.15) is 89.7 Å². The van der Waals surface area contributed by atoms with Crippen molar-refractivity contribution in [3.8, 4) is 22.5 Å². The molecule has 0 spiro atoms. The van der Waals surface area contributed by atoms with Gasteiger partial charge in [0.25, 0.3) is 5.69 Å². The van der Waals surface area contributed by atoms with E-state index in [-0.39, 0.29) is 18.0 Å². The molecule has 4 heterocycles. The highest BCUT2D eigenvalue weighted by Crippen LogP contribution is 2.48. The van der Waals surface area contributed by atoms with Gasteiger partial charge in [-0.1, -0.05) is 189 Å². The second-order valence-corrected chi connectivity index (χ2v) is 20.4. The molecule has 2 saturated carbocycles. The molecule has 0 bridgehead atoms. The van der Waals surface area contributed by atoms with E-state index in [9.17, 15) is 10.1 Å². The van der Waals surface area contributed by atoms with Crippen LogP contribution in [-0.4, -0.2) is 34.5 Å². The zero-order chi connectivity index (χ0) is 52.6. The van der Waals surface area contributed by atoms with Crippen LogP contribution in [0.2, 0.25) is 0 Å². The lowest BCUT2D eigenvalue weighted by Crippen LogP contribution is -2.38. The van der Waals surface area contributed by atoms with Crippen LogP contribution in [0, 0.1) is 10.1 Å². The molecule has 0 amide bonds. The monoisotopic (exact) mass is 1030 g/mol. The normalized spacial score (nSPS) is 13.3. The maximum Gasteiger partial charge on any atom is 0.270 e. The first kappa shape index (κ1) is 50.0. The van der Waals surface area contributed by atoms with Crippen molar-refractivity contribution in [1.82, 2.24) is 29.5 Å². The van der Waals surface area contributed by atoms with Gasteiger partial charge in [0.05, 0.1) is 16.0 Å². The molecular weight excluding hydrogens is 973 g/mol. The molecular formula is C69H58N8O2. The predicted molar refractivity (Wildman–Crippen MR) is 317 cm³/mol. The first-order valence-corrected chi connectivity index (χ1v) is 26.6. The lowest BCUT2D eigenvalue weighted by Gasteiger charge is -2.37. The Kier molecular flexibility index (Phi) is 13.3. The van der Waals surface area contributed by atoms with Gasteiger partial charge in [-0.3, -0.25) is 20.1 Å². The van der Waals surface area contributed by atoms with E-state index >= 15 is 0 Å². The van der Waals surface area contributed by atoms with Gasteiger partial charge >= 0.3 is 0 Å². The number of pyridine rings is 2. The second-order valence-electron chi connectivity index (χ2n) is 20.4. The summed E-state index contributed by atoms with van der Waals surface area (Å²) < 4.78 is 4.26. The van der Waals surface area contributed by atoms with Crippen LogP contribution in [0.25, 0.3) is 44.3 Å². The number of hydrogen-bond acceptors (Lipinski definition) is 7. The van der Waals surface area contributed by atoms with Crippen molar-refractivity contribution in [3.05, 3.63) is 310 Å². The summed E-state index contributed by atoms with van der Waals surface area (Å²) in [5.41, 5.74) is 19.7. The number of nitrogens with two attached hydrogens (primary N) is 1. The summed E-state index contributed by atoms with van der Waals surface area (Å²) in [4.78, 5) is 20.8. The third-order valence-corrected chi connectivity index (χ3v) is 15.5. The van der Waals surface area contributed by atoms with E-state index in [1.807, 2.05) is 85.2 Å². The summed E-state index contributed by atoms with van der Waals surface area (Å²) in [6, 6.07) is 82.5. The van der Waals surface area contributed by atoms with Crippen molar-refractivity contribution in [3.63, 3.8) is 0 Å². The average Bonchev–Trinajstić information content (AvgIpc) is 4.61. The number of fused-ring (bicyclic) bond motifs is 2. The van der Waals surface area contributed by atoms with Gasteiger partial charge in [-0.15, -0.1) is 0 Å². The minimum Gasteiger partial charge on any atom is -0.399 e. The molecule has 79 heavy (non-hydrogen) atoms. The molecule has 10 heteroatoms. The summed E-state index contributed by atoms with van der Waals surface area (Å²) in [5, 5.41) is 24.4. The number of nitro groups is 1. The third-order valence-electron chi connectivity index (χ3n) is 15.5. The van der Waals surface area contributed by atoms with Crippen LogP contribution in [-0.2, 0) is 11.1 Å². The Balaban J connectivity index is 0.000000156. The molecule has 386 valence electrons. The first-order valence-electron chi connectivity index (χ1n) is 26.6. The highest BCUT2D eigenvalue weighted by Gasteiger charge is 2.43. The Morgan fingerprint density at radius 3 is 1.09 bits per heavy atom. The molecule has 0 radical (unpaired) electrons. The van der Waals surface area contributed by atoms with Crippen LogP contribution in [0.15, 0.2) is 255 Å². The highest BCUT2D eigenvalue weighted by molar-refractivity contribution is 5.97. The predicted octanol–water partition coefficient (Wildman–Crippen LogP) is 15.8. The van der Waals surface area contributed by atoms with E-state index in [0.717, 1.165) is 102 Å². The minimum atomic E-state index is -0.844. The number of nitrogen functional groups attached to an aromatic ring is 1. The fraction of sp³-hybridized carbons (Fsp3) is 0.130. The van der Waals surface area contributed by atoms with Gasteiger partial charge in [0.2, 0.25) is 0 Å². The van der Waals surface area contributed by atoms with E-state index in [2.05, 4.69) is 177 Å². The van der Waals surface area contributed by atoms with Crippen LogP contribution in [0.4, 0.5) is 11.4 Å². The molecule has 4 aromatic heterocycles. The van der Waals surface area contributed by atoms with E-state index in [1.54, 1.807) is 12.1 Å². The van der Waals surface area contributed by atoms with E-state index in [4.69, 9.17) is 15.9 Å². The number of nitrogens with zero attached hydrogens (tertiary/aromatic N) is 7. The van der Waals surface area contributed by atoms with Crippen molar-refractivity contribution in [2.45, 2.75) is 56.0 Å². The van der Waals surface area contributed by atoms with Crippen molar-refractivity contribution < 1.29 is 4.92 Å². The van der Waals surface area contributed by atoms with Crippen molar-refractivity contribution in [2.75, 3.05) is 5.73 Å². The molecule has 2 fully saturated rings. The third kappa shape index (κ3) is 9.00. The van der Waals surface area contributed by atoms with Gasteiger partial charge in [0, 0.05) is 75.3 Å². The van der Waals surface area contributed by atoms with Crippen molar-refractivity contribution in [2.24, 2.45) is 0 Å². The Bertz CT molecular complexity index is 3890. The minimum absolute atomic E-state index is 0. The zero-order valence-corrected chi connectivity index (χ0v) is 42.8. The van der Waals surface area contributed by atoms with Gasteiger partial charge < -0.3 is 5.73 Å². The van der Waals surface area contributed by atoms with Crippen molar-refractivity contribution in [1.29, 1.82) is 0 Å². The molecule has 0 saturated heterocycles. The molecule has 0 unspecified atom stereocenters. The lowest BCUT2D eigenvalue weighted by molar-refractivity contribution is -0.384. The summed E-state index contributed by atoms with van der Waals surface area (Å²) in [6.07, 6.45) is 8.42. The summed E-state index contributed by atoms with van der Waals surface area (Å²) in [7, 11) is 0. The lowest BCUT2D eigenvalue weighted by atomic mass is 9.77. The van der Waals surface area contributed by atoms with Gasteiger partial charge in [-0.25, -0.2) is 9.36 Å². The Morgan fingerprint density at radius 1 is 0.430 bits per heavy atom. The van der Waals surface area contributed by atoms with Crippen LogP contribution >= 0.6 is 0 Å². The van der Waals surface area contributed by atoms with E-state index in [0.29, 0.717) is 17.5 Å². The number of anilines is 1. The van der Waals surface area contributed by atoms with E-state index in [1.165, 1.54) is 12.8 Å². The highest BCUT2D eigenvalue weighted by atomic mass is 16.6. The topological polar surface area (TPSA) is 131 Å². The molecule has 0 aliphatic heterocycles. The molecule has 2 aliphatic rings. The molecule has 0 atom stereocenters. The number of hydrogen-bond donors (Lipinski definition) is 1. The number of rotatable bonds is 13. The summed E-state index contributed by atoms with van der Waals surface area (Å²) in [6.45, 7) is 0. The van der Waals surface area contributed by atoms with Gasteiger partial charge in [-0.2, -0.15) is 10.2 Å². The van der Waals surface area contributed by atoms with Crippen LogP contribution < -0.4 is 5.73 Å². The summed E-state index contributed by atoms with van der Waals surface area (Å²) >= 11 is 0. The fourth-order valence-electron chi connectivity index (χ4n) is 11.5. The van der Waals surface area contributed by atoms with Gasteiger partial charge in [-0.05, 0) is 108 Å². The first-order chi connectivity index (χ1) is 38.4. The molecule has 12 aromatic rings. The molecule has 8 aromatic carbocycles. The fourth-order valence-corrected chi connectivity index (χ4v) is 11.5. The maximum absolute atomic E-state index is 11.9. The Labute approximate surface area is 459 Å². The molecule has 14 rings (SSSR count). The smallest absolute Gasteiger partial charge is 0.270 e. The van der Waals surface area contributed by atoms with Gasteiger partial charge in [0.15, 0.2) is 0 Å². The molecule has 2 aliphatic carbocycles. The SMILES string of the molecule is C.Nc1ccc2c(c1)c(-c1ccnc(C3CC3)c1)nn2C(c1ccccc1)(c1ccccc1)c1ccccc1.O=[N+]([O-])c1ccc2c(c1)c(-c1ccnc(C3CC3)c1)nn2C(c1ccccc1)(c1ccccc1)c1ccccc1. The van der Waals surface area contributed by atoms with Crippen molar-refractivity contribution >= 4 is 33.2 Å². The van der Waals surface area contributed by atoms with Crippen LogP contribution in [0.5, 0.6) is 0 Å². The van der Waals surface area contributed by atoms with Crippen LogP contribution in [0.3, 0.4) is 0 Å². The number of aromatic nitrogens is 6. The van der Waals surface area contributed by atoms with Gasteiger partial charge in [0.1, 0.15) is 22.5 Å². The number of nitro benzene ring substituents is 1. The quantitative estimate of drug-likeness (QED) is 0.0527. The molecule has 2 N–H and O–H groups in total. The average molecular weight is 1030 g/mol. The Hall–Kier alpha value is -9.80. The largest absolute Gasteiger partial charge is 0.399 e. The standard InChI is InChI=1S/C34H26N4O2.C34H28N4.CH4/c39-38(40)29-18-19-32-30(23-29)33(25-20-21-35-31(22-25)24-16-17-24)36-37(32)34(26-10-4-1-5-11-26,27-12-6-2-7-13-27)28-14-8-3-9-15-28;35-29-18-19-32-30(23-29)33(25-20-21-36-31(22-25)24-16-17-24)37-38(32)34(26-10-4-1-5-11-26,27-12-6-2-7-13-27)28-14-8-3-9-15-28;/h1-15,18-24H,16-17H2;1-15,18-24H,16-17,35H2;1H4. The van der Waals surface area contributed by atoms with E-state index < -0.39 is 11.1 Å². The maximum atomic E-state index is 11.9. The Morgan fingerprint density at radius 2 is 0.759 bits per heavy atom. The zero-order valence-electron chi connectivity index (χ0n) is 42.8. The molecule has 10 nitrogen and oxygen atoms in total. The number of non-ortho nitro benzene ring substituents is 1. The second kappa shape index (κ2) is 21.0.